The molecule has 0 saturated heterocycles. The zero-order chi connectivity index (χ0) is 5.91. The molecule has 0 heterocycles. The molecule has 0 bridgehead atoms. The van der Waals surface area contributed by atoms with Crippen molar-refractivity contribution in [3.63, 3.8) is 0 Å². The fourth-order valence-corrected chi connectivity index (χ4v) is 0.160. The van der Waals surface area contributed by atoms with Gasteiger partial charge in [0.05, 0.1) is 0 Å². The minimum Gasteiger partial charge on any atom is -0.328 e. The van der Waals surface area contributed by atoms with Crippen LogP contribution >= 0.6 is 7.82 Å². The Bertz CT molecular complexity index is 129. The Morgan fingerprint density at radius 3 is 2.14 bits per heavy atom. The smallest absolute Gasteiger partial charge is 0.328 e. The van der Waals surface area contributed by atoms with Crippen molar-refractivity contribution < 1.29 is 18.9 Å². The molecule has 0 atom stereocenters. The van der Waals surface area contributed by atoms with E-state index in [1.54, 1.807) is 0 Å². The summed E-state index contributed by atoms with van der Waals surface area (Å²) >= 11 is 0. The van der Waals surface area contributed by atoms with E-state index in [1.165, 1.54) is 0 Å². The first-order valence-corrected chi connectivity index (χ1v) is 2.72. The normalized spacial score (nSPS) is 9.86. The monoisotopic (exact) mass is 123 g/mol. The van der Waals surface area contributed by atoms with E-state index in [0.29, 0.717) is 0 Å². The Morgan fingerprint density at radius 2 is 2.14 bits per heavy atom. The first-order valence-electron chi connectivity index (χ1n) is 1.19. The number of nitrogens with zero attached hydrogens (tertiary/aromatic N) is 1. The van der Waals surface area contributed by atoms with Crippen molar-refractivity contribution >= 4 is 7.82 Å². The van der Waals surface area contributed by atoms with Crippen LogP contribution in [0.1, 0.15) is 0 Å². The molecule has 6 heteroatoms. The second-order valence-electron chi connectivity index (χ2n) is 0.673. The molecule has 0 aliphatic carbocycles. The standard InChI is InChI=1S/CH2NO4P/c2-1-6-7(3,4)5/h(H2,3,4,5). The zero-order valence-corrected chi connectivity index (χ0v) is 4.00. The van der Waals surface area contributed by atoms with Gasteiger partial charge in [0.2, 0.25) is 0 Å². The van der Waals surface area contributed by atoms with Gasteiger partial charge in [-0.1, -0.05) is 0 Å². The van der Waals surface area contributed by atoms with Gasteiger partial charge in [0, 0.05) is 0 Å². The Morgan fingerprint density at radius 1 is 1.71 bits per heavy atom. The summed E-state index contributed by atoms with van der Waals surface area (Å²) in [7, 11) is -4.53. The van der Waals surface area contributed by atoms with Crippen molar-refractivity contribution in [2.45, 2.75) is 0 Å². The molecule has 0 spiro atoms. The third kappa shape index (κ3) is 5.44. The van der Waals surface area contributed by atoms with Crippen molar-refractivity contribution in [2.75, 3.05) is 0 Å². The van der Waals surface area contributed by atoms with Crippen LogP contribution < -0.4 is 0 Å². The summed E-state index contributed by atoms with van der Waals surface area (Å²) in [6.07, 6.45) is 0.845. The summed E-state index contributed by atoms with van der Waals surface area (Å²) in [6.45, 7) is 0. The van der Waals surface area contributed by atoms with Crippen LogP contribution in [-0.2, 0) is 9.09 Å². The van der Waals surface area contributed by atoms with E-state index in [0.717, 1.165) is 6.26 Å². The van der Waals surface area contributed by atoms with Crippen molar-refractivity contribution in [3.05, 3.63) is 0 Å². The first kappa shape index (κ1) is 6.44. The molecular weight excluding hydrogens is 121 g/mol. The Kier molecular flexibility index (Phi) is 1.78. The number of phosphoric ester groups is 1. The van der Waals surface area contributed by atoms with Crippen LogP contribution in [0.3, 0.4) is 0 Å². The fourth-order valence-electron chi connectivity index (χ4n) is 0.0532. The fraction of sp³-hybridized carbons (Fsp3) is 0. The average Bonchev–Trinajstić information content (AvgIpc) is 1.30. The van der Waals surface area contributed by atoms with E-state index in [9.17, 15) is 4.57 Å². The van der Waals surface area contributed by atoms with E-state index >= 15 is 0 Å². The van der Waals surface area contributed by atoms with E-state index in [-0.39, 0.29) is 0 Å². The van der Waals surface area contributed by atoms with E-state index in [4.69, 9.17) is 15.0 Å². The molecule has 0 amide bonds. The predicted molar refractivity (Wildman–Crippen MR) is 18.7 cm³/mol. The number of nitriles is 1. The third-order valence-electron chi connectivity index (χ3n) is 0.160. The van der Waals surface area contributed by atoms with E-state index in [2.05, 4.69) is 4.52 Å². The molecule has 0 aromatic heterocycles. The van der Waals surface area contributed by atoms with E-state index in [1.807, 2.05) is 0 Å². The maximum absolute atomic E-state index is 9.48. The summed E-state index contributed by atoms with van der Waals surface area (Å²) < 4.78 is 12.7. The molecule has 0 aliphatic rings. The van der Waals surface area contributed by atoms with Gasteiger partial charge < -0.3 is 4.52 Å². The van der Waals surface area contributed by atoms with Crippen LogP contribution in [0.15, 0.2) is 0 Å². The molecule has 0 unspecified atom stereocenters. The highest BCUT2D eigenvalue weighted by Crippen LogP contribution is 2.34. The minimum atomic E-state index is -4.53. The molecule has 2 N–H and O–H groups in total. The maximum Gasteiger partial charge on any atom is 0.534 e. The lowest BCUT2D eigenvalue weighted by Crippen LogP contribution is -1.76. The highest BCUT2D eigenvalue weighted by Gasteiger charge is 2.12. The molecule has 0 rings (SSSR count). The van der Waals surface area contributed by atoms with Crippen molar-refractivity contribution in [3.8, 4) is 6.26 Å². The van der Waals surface area contributed by atoms with Gasteiger partial charge >= 0.3 is 7.82 Å². The van der Waals surface area contributed by atoms with Crippen LogP contribution in [-0.4, -0.2) is 9.79 Å². The van der Waals surface area contributed by atoms with Crippen LogP contribution in [0.25, 0.3) is 0 Å². The molecule has 0 saturated carbocycles. The Labute approximate surface area is 39.4 Å². The van der Waals surface area contributed by atoms with Gasteiger partial charge in [-0.15, -0.1) is 5.26 Å². The molecule has 0 radical (unpaired) electrons. The van der Waals surface area contributed by atoms with Crippen LogP contribution in [0, 0.1) is 11.5 Å². The predicted octanol–water partition coefficient (Wildman–Crippen LogP) is -0.423. The van der Waals surface area contributed by atoms with Gasteiger partial charge in [-0.25, -0.2) is 4.57 Å². The van der Waals surface area contributed by atoms with Gasteiger partial charge in [-0.2, -0.15) is 0 Å². The quantitative estimate of drug-likeness (QED) is 0.365. The molecule has 0 aliphatic heterocycles. The Hall–Kier alpha value is -0.560. The molecule has 0 aromatic carbocycles. The number of hydrogen-bond donors (Lipinski definition) is 2. The molecular formula is CH2NO4P. The first-order chi connectivity index (χ1) is 3.06. The van der Waals surface area contributed by atoms with Crippen LogP contribution in [0.2, 0.25) is 0 Å². The van der Waals surface area contributed by atoms with Gasteiger partial charge in [0.25, 0.3) is 6.26 Å². The Balaban J connectivity index is 3.65. The van der Waals surface area contributed by atoms with Gasteiger partial charge in [-0.3, -0.25) is 9.79 Å². The summed E-state index contributed by atoms with van der Waals surface area (Å²) in [5.41, 5.74) is 0. The number of phosphoric acid groups is 1. The summed E-state index contributed by atoms with van der Waals surface area (Å²) in [6, 6.07) is 0. The molecule has 7 heavy (non-hydrogen) atoms. The second-order valence-corrected chi connectivity index (χ2v) is 1.84. The van der Waals surface area contributed by atoms with Crippen molar-refractivity contribution in [1.82, 2.24) is 0 Å². The third-order valence-corrected chi connectivity index (χ3v) is 0.479. The largest absolute Gasteiger partial charge is 0.534 e. The summed E-state index contributed by atoms with van der Waals surface area (Å²) in [5, 5.41) is 7.44. The molecule has 0 fully saturated rings. The van der Waals surface area contributed by atoms with Gasteiger partial charge in [0.1, 0.15) is 0 Å². The molecule has 5 nitrogen and oxygen atoms in total. The summed E-state index contributed by atoms with van der Waals surface area (Å²) in [5.74, 6) is 0. The lowest BCUT2D eigenvalue weighted by molar-refractivity contribution is 0.267. The minimum absolute atomic E-state index is 0.845. The van der Waals surface area contributed by atoms with Crippen molar-refractivity contribution in [2.24, 2.45) is 0 Å². The number of hydrogen-bond acceptors (Lipinski definition) is 3. The molecule has 40 valence electrons. The zero-order valence-electron chi connectivity index (χ0n) is 3.11. The maximum atomic E-state index is 9.48. The SMILES string of the molecule is N#COP(=O)(O)O. The van der Waals surface area contributed by atoms with Crippen LogP contribution in [0.4, 0.5) is 0 Å². The van der Waals surface area contributed by atoms with Gasteiger partial charge in [-0.05, 0) is 0 Å². The second kappa shape index (κ2) is 1.94. The highest BCUT2D eigenvalue weighted by atomic mass is 31.2. The van der Waals surface area contributed by atoms with Crippen molar-refractivity contribution in [1.29, 1.82) is 5.26 Å². The topological polar surface area (TPSA) is 90.5 Å². The lowest BCUT2D eigenvalue weighted by atomic mass is 11.6. The van der Waals surface area contributed by atoms with E-state index < -0.39 is 7.82 Å². The summed E-state index contributed by atoms with van der Waals surface area (Å²) in [4.78, 5) is 15.4. The van der Waals surface area contributed by atoms with Gasteiger partial charge in [0.15, 0.2) is 0 Å². The molecule has 0 aromatic rings. The van der Waals surface area contributed by atoms with Crippen LogP contribution in [0.5, 0.6) is 0 Å². The highest BCUT2D eigenvalue weighted by molar-refractivity contribution is 7.46. The average molecular weight is 123 g/mol. The lowest BCUT2D eigenvalue weighted by Gasteiger charge is -1.91. The number of rotatable bonds is 1.